The van der Waals surface area contributed by atoms with Gasteiger partial charge >= 0.3 is 0 Å². The molecule has 1 aromatic rings. The Bertz CT molecular complexity index is 701. The second kappa shape index (κ2) is 7.85. The van der Waals surface area contributed by atoms with Crippen molar-refractivity contribution < 1.29 is 9.59 Å². The maximum Gasteiger partial charge on any atom is 0.248 e. The van der Waals surface area contributed by atoms with E-state index in [0.717, 1.165) is 22.9 Å². The van der Waals surface area contributed by atoms with E-state index < -0.39 is 0 Å². The normalized spacial score (nSPS) is 17.0. The van der Waals surface area contributed by atoms with Gasteiger partial charge in [-0.2, -0.15) is 10.1 Å². The predicted octanol–water partition coefficient (Wildman–Crippen LogP) is 2.92. The summed E-state index contributed by atoms with van der Waals surface area (Å²) >= 11 is 2.71. The molecular formula is C16H18N4O2S2. The number of aryl methyl sites for hydroxylation is 1. The Kier molecular flexibility index (Phi) is 5.57. The molecular weight excluding hydrogens is 344 g/mol. The molecule has 2 heterocycles. The van der Waals surface area contributed by atoms with Gasteiger partial charge in [-0.05, 0) is 42.3 Å². The SMILES string of the molecule is CCc1ccc(NC(=O)CSC2=NN3CCCC(=O)N=C3S2)cc1. The molecule has 0 saturated heterocycles. The first kappa shape index (κ1) is 17.0. The molecule has 1 aromatic carbocycles. The van der Waals surface area contributed by atoms with E-state index in [1.54, 1.807) is 5.01 Å². The zero-order valence-corrected chi connectivity index (χ0v) is 15.0. The highest BCUT2D eigenvalue weighted by atomic mass is 32.2. The minimum atomic E-state index is -0.102. The largest absolute Gasteiger partial charge is 0.325 e. The standard InChI is InChI=1S/C16H18N4O2S2/c1-2-11-5-7-12(8-6-11)17-14(22)10-23-16-19-20-9-3-4-13(21)18-15(20)24-16/h5-8H,2-4,9-10H2,1H3,(H,17,22). The maximum absolute atomic E-state index is 12.1. The fraction of sp³-hybridized carbons (Fsp3) is 0.375. The van der Waals surface area contributed by atoms with Crippen molar-refractivity contribution in [2.75, 3.05) is 17.6 Å². The van der Waals surface area contributed by atoms with Crippen LogP contribution < -0.4 is 5.32 Å². The smallest absolute Gasteiger partial charge is 0.248 e. The Balaban J connectivity index is 1.50. The van der Waals surface area contributed by atoms with Crippen molar-refractivity contribution in [2.45, 2.75) is 26.2 Å². The number of nitrogens with one attached hydrogen (secondary N) is 1. The third-order valence-electron chi connectivity index (χ3n) is 3.56. The van der Waals surface area contributed by atoms with Crippen LogP contribution in [0.25, 0.3) is 0 Å². The molecule has 0 fully saturated rings. The number of nitrogens with zero attached hydrogens (tertiary/aromatic N) is 3. The van der Waals surface area contributed by atoms with Crippen molar-refractivity contribution in [3.8, 4) is 0 Å². The maximum atomic E-state index is 12.1. The van der Waals surface area contributed by atoms with Gasteiger partial charge in [0.1, 0.15) is 0 Å². The average molecular weight is 362 g/mol. The Morgan fingerprint density at radius 3 is 2.92 bits per heavy atom. The Morgan fingerprint density at radius 1 is 1.38 bits per heavy atom. The zero-order chi connectivity index (χ0) is 16.9. The lowest BCUT2D eigenvalue weighted by molar-refractivity contribution is -0.117. The number of amidine groups is 1. The van der Waals surface area contributed by atoms with Crippen LogP contribution in [-0.4, -0.2) is 38.7 Å². The number of fused-ring (bicyclic) bond motifs is 1. The van der Waals surface area contributed by atoms with Gasteiger partial charge < -0.3 is 5.32 Å². The van der Waals surface area contributed by atoms with Gasteiger partial charge in [0.05, 0.1) is 5.75 Å². The van der Waals surface area contributed by atoms with E-state index in [1.165, 1.54) is 29.1 Å². The second-order valence-corrected chi connectivity index (χ2v) is 7.55. The van der Waals surface area contributed by atoms with Crippen LogP contribution in [0, 0.1) is 0 Å². The third kappa shape index (κ3) is 4.39. The van der Waals surface area contributed by atoms with Gasteiger partial charge in [-0.3, -0.25) is 9.59 Å². The van der Waals surface area contributed by atoms with Crippen LogP contribution in [0.5, 0.6) is 0 Å². The van der Waals surface area contributed by atoms with Gasteiger partial charge in [0.2, 0.25) is 11.8 Å². The Labute approximate surface area is 149 Å². The molecule has 126 valence electrons. The molecule has 2 aliphatic rings. The predicted molar refractivity (Wildman–Crippen MR) is 100 cm³/mol. The van der Waals surface area contributed by atoms with Crippen molar-refractivity contribution in [1.29, 1.82) is 0 Å². The fourth-order valence-corrected chi connectivity index (χ4v) is 4.07. The van der Waals surface area contributed by atoms with Gasteiger partial charge in [-0.15, -0.1) is 0 Å². The molecule has 0 bridgehead atoms. The monoisotopic (exact) mass is 362 g/mol. The van der Waals surface area contributed by atoms with Crippen LogP contribution in [0.1, 0.15) is 25.3 Å². The number of carbonyl (C=O) groups is 2. The number of carbonyl (C=O) groups excluding carboxylic acids is 2. The van der Waals surface area contributed by atoms with E-state index in [0.29, 0.717) is 18.1 Å². The third-order valence-corrected chi connectivity index (χ3v) is 5.63. The van der Waals surface area contributed by atoms with Gasteiger partial charge in [0, 0.05) is 18.7 Å². The van der Waals surface area contributed by atoms with Crippen LogP contribution in [0.4, 0.5) is 5.69 Å². The molecule has 0 radical (unpaired) electrons. The molecule has 0 saturated carbocycles. The summed E-state index contributed by atoms with van der Waals surface area (Å²) in [5.74, 6) is 0.0959. The molecule has 1 N–H and O–H groups in total. The number of hydrogen-bond donors (Lipinski definition) is 1. The average Bonchev–Trinajstić information content (AvgIpc) is 2.87. The van der Waals surface area contributed by atoms with Crippen LogP contribution in [-0.2, 0) is 16.0 Å². The summed E-state index contributed by atoms with van der Waals surface area (Å²) in [7, 11) is 0. The van der Waals surface area contributed by atoms with E-state index in [9.17, 15) is 9.59 Å². The van der Waals surface area contributed by atoms with Crippen LogP contribution >= 0.6 is 23.5 Å². The summed E-state index contributed by atoms with van der Waals surface area (Å²) in [5.41, 5.74) is 2.03. The molecule has 2 aliphatic heterocycles. The van der Waals surface area contributed by atoms with Crippen molar-refractivity contribution >= 4 is 50.6 Å². The van der Waals surface area contributed by atoms with E-state index in [4.69, 9.17) is 0 Å². The first-order valence-electron chi connectivity index (χ1n) is 7.81. The fourth-order valence-electron chi connectivity index (χ4n) is 2.27. The molecule has 0 spiro atoms. The molecule has 8 heteroatoms. The number of hydrogen-bond acceptors (Lipinski definition) is 6. The lowest BCUT2D eigenvalue weighted by Gasteiger charge is -2.08. The molecule has 2 amide bonds. The summed E-state index contributed by atoms with van der Waals surface area (Å²) in [4.78, 5) is 27.6. The molecule has 0 aromatic heterocycles. The van der Waals surface area contributed by atoms with Crippen molar-refractivity contribution in [2.24, 2.45) is 10.1 Å². The van der Waals surface area contributed by atoms with Crippen molar-refractivity contribution in [3.63, 3.8) is 0 Å². The summed E-state index contributed by atoms with van der Waals surface area (Å²) in [5, 5.41) is 9.66. The van der Waals surface area contributed by atoms with Gasteiger partial charge in [0.25, 0.3) is 0 Å². The number of thioether (sulfide) groups is 2. The summed E-state index contributed by atoms with van der Waals surface area (Å²) < 4.78 is 0.750. The van der Waals surface area contributed by atoms with E-state index in [2.05, 4.69) is 22.3 Å². The first-order chi connectivity index (χ1) is 11.6. The highest BCUT2D eigenvalue weighted by molar-refractivity contribution is 8.45. The molecule has 6 nitrogen and oxygen atoms in total. The van der Waals surface area contributed by atoms with Gasteiger partial charge in [0.15, 0.2) is 9.54 Å². The number of amides is 2. The molecule has 24 heavy (non-hydrogen) atoms. The van der Waals surface area contributed by atoms with Gasteiger partial charge in [-0.25, -0.2) is 5.01 Å². The number of hydrazone groups is 1. The zero-order valence-electron chi connectivity index (χ0n) is 13.3. The molecule has 3 rings (SSSR count). The van der Waals surface area contributed by atoms with Crippen LogP contribution in [0.2, 0.25) is 0 Å². The van der Waals surface area contributed by atoms with E-state index in [1.807, 2.05) is 24.3 Å². The minimum absolute atomic E-state index is 0.0762. The highest BCUT2D eigenvalue weighted by Crippen LogP contribution is 2.29. The number of rotatable bonds is 4. The quantitative estimate of drug-likeness (QED) is 0.891. The minimum Gasteiger partial charge on any atom is -0.325 e. The molecule has 0 unspecified atom stereocenters. The highest BCUT2D eigenvalue weighted by Gasteiger charge is 2.27. The van der Waals surface area contributed by atoms with Crippen molar-refractivity contribution in [1.82, 2.24) is 5.01 Å². The molecule has 0 atom stereocenters. The van der Waals surface area contributed by atoms with E-state index in [-0.39, 0.29) is 17.6 Å². The molecule has 0 aliphatic carbocycles. The van der Waals surface area contributed by atoms with Crippen LogP contribution in [0.15, 0.2) is 34.4 Å². The van der Waals surface area contributed by atoms with Crippen molar-refractivity contribution in [3.05, 3.63) is 29.8 Å². The lowest BCUT2D eigenvalue weighted by atomic mass is 10.1. The van der Waals surface area contributed by atoms with E-state index >= 15 is 0 Å². The Morgan fingerprint density at radius 2 is 2.17 bits per heavy atom. The second-order valence-electron chi connectivity index (χ2n) is 5.37. The summed E-state index contributed by atoms with van der Waals surface area (Å²) in [6, 6.07) is 7.84. The first-order valence-corrected chi connectivity index (χ1v) is 9.61. The number of aliphatic imine (C=N–C) groups is 1. The Hall–Kier alpha value is -1.80. The number of benzene rings is 1. The van der Waals surface area contributed by atoms with Crippen LogP contribution in [0.3, 0.4) is 0 Å². The number of anilines is 1. The lowest BCUT2D eigenvalue weighted by Crippen LogP contribution is -2.18. The topological polar surface area (TPSA) is 74.1 Å². The summed E-state index contributed by atoms with van der Waals surface area (Å²) in [6.07, 6.45) is 2.20. The van der Waals surface area contributed by atoms with Gasteiger partial charge in [-0.1, -0.05) is 30.8 Å². The summed E-state index contributed by atoms with van der Waals surface area (Å²) in [6.45, 7) is 2.79.